The molecule has 3 fully saturated rings. The minimum Gasteiger partial charge on any atom is -0.460 e. The van der Waals surface area contributed by atoms with Crippen molar-refractivity contribution in [3.63, 3.8) is 0 Å². The first-order chi connectivity index (χ1) is 29.2. The van der Waals surface area contributed by atoms with Crippen LogP contribution in [0.4, 0.5) is 0 Å². The van der Waals surface area contributed by atoms with Crippen molar-refractivity contribution in [3.8, 4) is 0 Å². The van der Waals surface area contributed by atoms with Gasteiger partial charge in [-0.25, -0.2) is 4.79 Å². The largest absolute Gasteiger partial charge is 0.460 e. The molecule has 1 unspecified atom stereocenters. The van der Waals surface area contributed by atoms with E-state index in [2.05, 4.69) is 0 Å². The third kappa shape index (κ3) is 14.2. The summed E-state index contributed by atoms with van der Waals surface area (Å²) in [5, 5.41) is 55.5. The molecule has 3 heterocycles. The quantitative estimate of drug-likeness (QED) is 0.171. The van der Waals surface area contributed by atoms with Crippen molar-refractivity contribution in [2.45, 2.75) is 186 Å². The maximum absolute atomic E-state index is 14.3. The number of esters is 1. The fraction of sp³-hybridized carbons (Fsp3) is 0.755. The number of Topliss-reactive ketones (excluding diaryl/α,β-unsaturated/α-hetero) is 2. The molecule has 0 spiro atoms. The highest BCUT2D eigenvalue weighted by Gasteiger charge is 2.46. The zero-order valence-electron chi connectivity index (χ0n) is 38.5. The Balaban J connectivity index is 1.65. The zero-order chi connectivity index (χ0) is 45.9. The highest BCUT2D eigenvalue weighted by molar-refractivity contribution is 5.87. The van der Waals surface area contributed by atoms with Gasteiger partial charge in [-0.3, -0.25) is 14.4 Å². The number of fused-ring (bicyclic) bond motifs is 3. The Kier molecular flexibility index (Phi) is 19.8. The Morgan fingerprint density at radius 2 is 1.60 bits per heavy atom. The number of amides is 1. The van der Waals surface area contributed by atoms with Crippen LogP contribution in [0, 0.1) is 35.5 Å². The van der Waals surface area contributed by atoms with Crippen molar-refractivity contribution < 1.29 is 58.9 Å². The number of allylic oxidation sites excluding steroid dienone is 6. The fourth-order valence-electron chi connectivity index (χ4n) is 9.72. The van der Waals surface area contributed by atoms with E-state index in [1.807, 2.05) is 45.9 Å². The smallest absolute Gasteiger partial charge is 0.329 e. The van der Waals surface area contributed by atoms with Gasteiger partial charge in [0.25, 0.3) is 0 Å². The lowest BCUT2D eigenvalue weighted by atomic mass is 9.78. The second-order valence-electron chi connectivity index (χ2n) is 19.3. The van der Waals surface area contributed by atoms with E-state index in [-0.39, 0.29) is 66.9 Å². The maximum atomic E-state index is 14.3. The summed E-state index contributed by atoms with van der Waals surface area (Å²) < 4.78 is 18.1. The predicted molar refractivity (Wildman–Crippen MR) is 235 cm³/mol. The van der Waals surface area contributed by atoms with E-state index < -0.39 is 77.9 Å². The molecule has 350 valence electrons. The highest BCUT2D eigenvalue weighted by atomic mass is 16.6. The van der Waals surface area contributed by atoms with E-state index in [0.717, 1.165) is 6.42 Å². The molecule has 4 aliphatic rings. The van der Waals surface area contributed by atoms with Gasteiger partial charge in [0.2, 0.25) is 5.91 Å². The van der Waals surface area contributed by atoms with Crippen LogP contribution in [0.3, 0.4) is 0 Å². The first-order valence-corrected chi connectivity index (χ1v) is 23.2. The number of carbonyl (C=O) groups excluding carboxylic acids is 4. The van der Waals surface area contributed by atoms with Crippen LogP contribution in [0.25, 0.3) is 0 Å². The van der Waals surface area contributed by atoms with Crippen LogP contribution in [0.2, 0.25) is 0 Å². The van der Waals surface area contributed by atoms with E-state index in [1.54, 1.807) is 46.1 Å². The van der Waals surface area contributed by atoms with Crippen molar-refractivity contribution >= 4 is 23.4 Å². The van der Waals surface area contributed by atoms with E-state index in [0.29, 0.717) is 63.4 Å². The molecule has 0 aromatic rings. The second kappa shape index (κ2) is 23.8. The molecule has 0 radical (unpaired) electrons. The summed E-state index contributed by atoms with van der Waals surface area (Å²) in [6.07, 6.45) is 9.90. The van der Waals surface area contributed by atoms with Gasteiger partial charge in [0.15, 0.2) is 11.6 Å². The van der Waals surface area contributed by atoms with Crippen LogP contribution in [-0.2, 0) is 33.4 Å². The van der Waals surface area contributed by atoms with Gasteiger partial charge in [0.05, 0.1) is 30.8 Å². The van der Waals surface area contributed by atoms with Gasteiger partial charge in [-0.15, -0.1) is 0 Å². The number of methoxy groups -OCH3 is 1. The Hall–Kier alpha value is -3.04. The Morgan fingerprint density at radius 3 is 2.31 bits per heavy atom. The molecule has 1 amide bonds. The summed E-state index contributed by atoms with van der Waals surface area (Å²) in [6.45, 7) is 12.8. The molecule has 13 heteroatoms. The zero-order valence-corrected chi connectivity index (χ0v) is 38.5. The van der Waals surface area contributed by atoms with Gasteiger partial charge in [0.1, 0.15) is 30.1 Å². The minimum absolute atomic E-state index is 0.0308. The third-order valence-corrected chi connectivity index (χ3v) is 14.1. The topological polar surface area (TPSA) is 200 Å². The van der Waals surface area contributed by atoms with Crippen LogP contribution >= 0.6 is 0 Å². The summed E-state index contributed by atoms with van der Waals surface area (Å²) in [7, 11) is 1.57. The molecule has 0 aromatic heterocycles. The minimum atomic E-state index is -1.81. The number of nitrogens with zero attached hydrogens (tertiary/aromatic N) is 1. The lowest BCUT2D eigenvalue weighted by molar-refractivity contribution is -0.283. The molecule has 3 aliphatic heterocycles. The summed E-state index contributed by atoms with van der Waals surface area (Å²) in [4.78, 5) is 57.2. The summed E-state index contributed by atoms with van der Waals surface area (Å²) in [5.74, 6) is -5.54. The SMILES string of the molecule is CO[C@H]1CC(C[C@@H](C)[C@@H]2CC(=O)[C@H](C)/C=C(\C)[C@@H](O)[C@@H](O)C(=O)[C@H](C)C[C@H](C)\C=C/C=C/C=C(\C)[C@@H](O)C[C@@H]3CC[C@@H](C)[C@](O)(CC(=O)N4CCCC[C@H]4C(=O)O2)O3)CC[C@@H]1O. The van der Waals surface area contributed by atoms with E-state index in [4.69, 9.17) is 14.2 Å². The van der Waals surface area contributed by atoms with E-state index in [1.165, 1.54) is 4.90 Å². The Bertz CT molecular complexity index is 1640. The average Bonchev–Trinajstić information content (AvgIpc) is 3.23. The van der Waals surface area contributed by atoms with E-state index >= 15 is 0 Å². The molecule has 5 N–H and O–H groups in total. The number of hydrogen-bond acceptors (Lipinski definition) is 12. The number of hydrogen-bond donors (Lipinski definition) is 5. The van der Waals surface area contributed by atoms with Gasteiger partial charge in [-0.2, -0.15) is 0 Å². The number of rotatable bonds is 4. The number of ether oxygens (including phenoxy) is 3. The highest BCUT2D eigenvalue weighted by Crippen LogP contribution is 2.38. The number of carbonyl (C=O) groups is 4. The van der Waals surface area contributed by atoms with Gasteiger partial charge in [-0.1, -0.05) is 71.1 Å². The number of piperidine rings is 1. The number of cyclic esters (lactones) is 1. The molecule has 15 atom stereocenters. The van der Waals surface area contributed by atoms with Crippen molar-refractivity contribution in [1.29, 1.82) is 0 Å². The molecular weight excluding hydrogens is 795 g/mol. The van der Waals surface area contributed by atoms with Gasteiger partial charge in [-0.05, 0) is 107 Å². The van der Waals surface area contributed by atoms with Crippen molar-refractivity contribution in [3.05, 3.63) is 47.6 Å². The molecule has 2 saturated heterocycles. The van der Waals surface area contributed by atoms with Crippen LogP contribution < -0.4 is 0 Å². The molecular formula is C49H77NO12. The van der Waals surface area contributed by atoms with Crippen molar-refractivity contribution in [2.75, 3.05) is 13.7 Å². The molecule has 1 saturated carbocycles. The van der Waals surface area contributed by atoms with Crippen LogP contribution in [0.5, 0.6) is 0 Å². The first-order valence-electron chi connectivity index (χ1n) is 23.2. The van der Waals surface area contributed by atoms with E-state index in [9.17, 15) is 44.7 Å². The van der Waals surface area contributed by atoms with Crippen LogP contribution in [-0.4, -0.2) is 122 Å². The second-order valence-corrected chi connectivity index (χ2v) is 19.3. The standard InChI is InChI=1S/C49H77NO12/c1-29-14-10-9-11-15-30(2)40(52)26-37-19-17-35(7)49(59,62-37)28-44(54)50-21-13-12-16-38(50)48(58)61-42(32(4)24-36-18-20-39(51)43(25-36)60-8)27-41(53)31(3)23-34(6)46(56)47(57)45(55)33(5)22-29/h9-11,14-15,23,29,31-33,35-40,42-43,46-47,51-52,56-57,59H,12-13,16-22,24-28H2,1-8H3/b11-9+,14-10-,30-15+,34-23+/t29-,31-,32-,33-,35-,36?,37+,38+,39+,40+,42+,43+,46-,47+,49+/m1/s1. The molecule has 0 aromatic carbocycles. The first kappa shape index (κ1) is 51.6. The third-order valence-electron chi connectivity index (χ3n) is 14.1. The monoisotopic (exact) mass is 872 g/mol. The number of ketones is 2. The Labute approximate surface area is 369 Å². The lowest BCUT2D eigenvalue weighted by Gasteiger charge is -2.44. The molecule has 1 aliphatic carbocycles. The lowest BCUT2D eigenvalue weighted by Crippen LogP contribution is -2.54. The van der Waals surface area contributed by atoms with Gasteiger partial charge < -0.3 is 44.6 Å². The van der Waals surface area contributed by atoms with Crippen molar-refractivity contribution in [2.24, 2.45) is 35.5 Å². The number of aliphatic hydroxyl groups excluding tert-OH is 4. The predicted octanol–water partition coefficient (Wildman–Crippen LogP) is 5.69. The molecule has 62 heavy (non-hydrogen) atoms. The average molecular weight is 872 g/mol. The summed E-state index contributed by atoms with van der Waals surface area (Å²) >= 11 is 0. The molecule has 4 rings (SSSR count). The van der Waals surface area contributed by atoms with Gasteiger partial charge >= 0.3 is 5.97 Å². The van der Waals surface area contributed by atoms with Crippen LogP contribution in [0.1, 0.15) is 132 Å². The molecule has 13 nitrogen and oxygen atoms in total. The van der Waals surface area contributed by atoms with Gasteiger partial charge in [0, 0.05) is 44.2 Å². The van der Waals surface area contributed by atoms with Crippen LogP contribution in [0.15, 0.2) is 47.6 Å². The fourth-order valence-corrected chi connectivity index (χ4v) is 9.72. The number of aliphatic hydroxyl groups is 5. The maximum Gasteiger partial charge on any atom is 0.329 e. The summed E-state index contributed by atoms with van der Waals surface area (Å²) in [5.41, 5.74) is 0.961. The summed E-state index contributed by atoms with van der Waals surface area (Å²) in [6, 6.07) is -0.935. The normalized spacial score (nSPS) is 41.8. The van der Waals surface area contributed by atoms with Crippen molar-refractivity contribution in [1.82, 2.24) is 4.90 Å². The Morgan fingerprint density at radius 1 is 0.871 bits per heavy atom. The molecule has 2 bridgehead atoms.